The lowest BCUT2D eigenvalue weighted by atomic mass is 10.1. The maximum Gasteiger partial charge on any atom is 0.255 e. The first kappa shape index (κ1) is 20.3. The van der Waals surface area contributed by atoms with Gasteiger partial charge in [-0.2, -0.15) is 0 Å². The quantitative estimate of drug-likeness (QED) is 0.575. The lowest BCUT2D eigenvalue weighted by Crippen LogP contribution is -2.45. The largest absolute Gasteiger partial charge is 0.350 e. The Morgan fingerprint density at radius 3 is 2.81 bits per heavy atom. The van der Waals surface area contributed by atoms with E-state index < -0.39 is 0 Å². The summed E-state index contributed by atoms with van der Waals surface area (Å²) in [6.07, 6.45) is 1.13. The lowest BCUT2D eigenvalue weighted by molar-refractivity contribution is 0.0696. The molecule has 2 amide bonds. The number of halogens is 1. The molecule has 1 saturated carbocycles. The van der Waals surface area contributed by atoms with Crippen molar-refractivity contribution >= 4 is 34.8 Å². The number of nitrogens with one attached hydrogen (secondary N) is 1. The summed E-state index contributed by atoms with van der Waals surface area (Å²) < 4.78 is 0. The van der Waals surface area contributed by atoms with Gasteiger partial charge < -0.3 is 10.2 Å². The number of fused-ring (bicyclic) bond motifs is 1. The number of likely N-dealkylation sites (tertiary alicyclic amines) is 1. The zero-order valence-corrected chi connectivity index (χ0v) is 18.7. The van der Waals surface area contributed by atoms with Crippen LogP contribution < -0.4 is 5.32 Å². The Balaban J connectivity index is 1.33. The van der Waals surface area contributed by atoms with Crippen LogP contribution in [-0.4, -0.2) is 35.8 Å². The molecule has 6 heteroatoms. The molecule has 2 heterocycles. The third kappa shape index (κ3) is 4.00. The molecule has 1 saturated heterocycles. The van der Waals surface area contributed by atoms with Crippen LogP contribution in [0, 0.1) is 18.8 Å². The zero-order valence-electron chi connectivity index (χ0n) is 17.2. The van der Waals surface area contributed by atoms with E-state index in [1.807, 2.05) is 22.4 Å². The first-order valence-corrected chi connectivity index (χ1v) is 11.8. The number of carbonyl (C=O) groups excluding carboxylic acids is 2. The second-order valence-electron chi connectivity index (χ2n) is 8.44. The number of benzene rings is 2. The van der Waals surface area contributed by atoms with Crippen LogP contribution in [-0.2, 0) is 0 Å². The van der Waals surface area contributed by atoms with Gasteiger partial charge >= 0.3 is 0 Å². The molecule has 1 aliphatic carbocycles. The van der Waals surface area contributed by atoms with Crippen molar-refractivity contribution in [2.24, 2.45) is 11.8 Å². The van der Waals surface area contributed by atoms with Crippen molar-refractivity contribution < 1.29 is 9.59 Å². The van der Waals surface area contributed by atoms with Gasteiger partial charge in [0.1, 0.15) is 0 Å². The Hall–Kier alpha value is -2.63. The minimum absolute atomic E-state index is 0.0332. The molecule has 0 radical (unpaired) electrons. The van der Waals surface area contributed by atoms with E-state index in [-0.39, 0.29) is 17.9 Å². The number of carbonyl (C=O) groups is 2. The van der Waals surface area contributed by atoms with Crippen LogP contribution in [0.5, 0.6) is 0 Å². The first-order valence-electron chi connectivity index (χ1n) is 10.5. The van der Waals surface area contributed by atoms with Gasteiger partial charge in [-0.15, -0.1) is 11.3 Å². The number of nitrogens with zero attached hydrogens (tertiary/aromatic N) is 1. The van der Waals surface area contributed by atoms with E-state index >= 15 is 0 Å². The predicted molar refractivity (Wildman–Crippen MR) is 125 cm³/mol. The monoisotopic (exact) mass is 450 g/mol. The molecule has 2 aliphatic rings. The topological polar surface area (TPSA) is 49.4 Å². The standard InChI is InChI=1S/C25H23ClN2O2S/c1-15-4-2-5-16(10-15)23-20(8-9-31-23)25(30)28-14-18-12-21(18)22(28)13-27-24(29)17-6-3-7-19(26)11-17/h2-11,18,21-22H,12-14H2,1H3,(H,27,29)/t18-,21-,22+/m0/s1. The summed E-state index contributed by atoms with van der Waals surface area (Å²) in [5.74, 6) is 0.935. The molecule has 1 N–H and O–H groups in total. The average Bonchev–Trinajstić information content (AvgIpc) is 3.20. The smallest absolute Gasteiger partial charge is 0.255 e. The molecule has 31 heavy (non-hydrogen) atoms. The maximum absolute atomic E-state index is 13.5. The van der Waals surface area contributed by atoms with Crippen LogP contribution in [0.3, 0.4) is 0 Å². The highest BCUT2D eigenvalue weighted by atomic mass is 35.5. The molecule has 158 valence electrons. The molecular weight excluding hydrogens is 428 g/mol. The van der Waals surface area contributed by atoms with Gasteiger partial charge in [0.05, 0.1) is 11.6 Å². The van der Waals surface area contributed by atoms with Gasteiger partial charge in [0.2, 0.25) is 0 Å². The highest BCUT2D eigenvalue weighted by Crippen LogP contribution is 2.50. The first-order chi connectivity index (χ1) is 15.0. The van der Waals surface area contributed by atoms with Crippen molar-refractivity contribution in [2.45, 2.75) is 19.4 Å². The summed E-state index contributed by atoms with van der Waals surface area (Å²) in [5.41, 5.74) is 3.54. The van der Waals surface area contributed by atoms with Crippen molar-refractivity contribution in [3.05, 3.63) is 81.7 Å². The zero-order chi connectivity index (χ0) is 21.5. The van der Waals surface area contributed by atoms with E-state index in [4.69, 9.17) is 11.6 Å². The fourth-order valence-electron chi connectivity index (χ4n) is 4.64. The molecule has 2 fully saturated rings. The Morgan fingerprint density at radius 2 is 2.00 bits per heavy atom. The molecule has 1 aliphatic heterocycles. The average molecular weight is 451 g/mol. The van der Waals surface area contributed by atoms with Crippen LogP contribution in [0.15, 0.2) is 60.0 Å². The molecule has 0 unspecified atom stereocenters. The van der Waals surface area contributed by atoms with Gasteiger partial charge in [0, 0.05) is 28.6 Å². The number of hydrogen-bond acceptors (Lipinski definition) is 3. The molecule has 0 spiro atoms. The SMILES string of the molecule is Cc1cccc(-c2sccc2C(=O)N2C[C@@H]3C[C@@H]3[C@H]2CNC(=O)c2cccc(Cl)c2)c1. The van der Waals surface area contributed by atoms with E-state index in [0.29, 0.717) is 29.0 Å². The third-order valence-electron chi connectivity index (χ3n) is 6.30. The van der Waals surface area contributed by atoms with E-state index in [1.54, 1.807) is 35.6 Å². The third-order valence-corrected chi connectivity index (χ3v) is 7.50. The normalized spacial score (nSPS) is 21.6. The van der Waals surface area contributed by atoms with Gasteiger partial charge in [-0.25, -0.2) is 0 Å². The second kappa shape index (κ2) is 8.13. The Bertz CT molecular complexity index is 1160. The summed E-state index contributed by atoms with van der Waals surface area (Å²) in [7, 11) is 0. The van der Waals surface area contributed by atoms with E-state index in [2.05, 4.69) is 30.4 Å². The molecule has 3 aromatic rings. The predicted octanol–water partition coefficient (Wildman–Crippen LogP) is 5.27. The number of amides is 2. The van der Waals surface area contributed by atoms with Crippen LogP contribution in [0.4, 0.5) is 0 Å². The summed E-state index contributed by atoms with van der Waals surface area (Å²) in [5, 5.41) is 5.54. The van der Waals surface area contributed by atoms with Crippen molar-refractivity contribution in [1.29, 1.82) is 0 Å². The van der Waals surface area contributed by atoms with Gasteiger partial charge in [0.25, 0.3) is 11.8 Å². The highest BCUT2D eigenvalue weighted by Gasteiger charge is 2.54. The summed E-state index contributed by atoms with van der Waals surface area (Å²) in [4.78, 5) is 29.1. The molecule has 0 bridgehead atoms. The Labute approximate surface area is 190 Å². The van der Waals surface area contributed by atoms with Gasteiger partial charge in [0.15, 0.2) is 0 Å². The fraction of sp³-hybridized carbons (Fsp3) is 0.280. The van der Waals surface area contributed by atoms with Crippen LogP contribution in [0.25, 0.3) is 10.4 Å². The second-order valence-corrected chi connectivity index (χ2v) is 9.79. The van der Waals surface area contributed by atoms with E-state index in [1.165, 1.54) is 5.56 Å². The number of aryl methyl sites for hydroxylation is 1. The Morgan fingerprint density at radius 1 is 1.16 bits per heavy atom. The number of rotatable bonds is 5. The summed E-state index contributed by atoms with van der Waals surface area (Å²) >= 11 is 7.61. The fourth-order valence-corrected chi connectivity index (χ4v) is 5.71. The van der Waals surface area contributed by atoms with Crippen molar-refractivity contribution in [3.63, 3.8) is 0 Å². The molecular formula is C25H23ClN2O2S. The molecule has 4 nitrogen and oxygen atoms in total. The molecule has 1 aromatic heterocycles. The minimum Gasteiger partial charge on any atom is -0.350 e. The maximum atomic E-state index is 13.5. The number of piperidine rings is 1. The summed E-state index contributed by atoms with van der Waals surface area (Å²) in [6.45, 7) is 3.29. The van der Waals surface area contributed by atoms with Gasteiger partial charge in [-0.1, -0.05) is 47.5 Å². The molecule has 3 atom stereocenters. The molecule has 5 rings (SSSR count). The van der Waals surface area contributed by atoms with Crippen LogP contribution in [0.1, 0.15) is 32.7 Å². The highest BCUT2D eigenvalue weighted by molar-refractivity contribution is 7.14. The van der Waals surface area contributed by atoms with Gasteiger partial charge in [-0.3, -0.25) is 9.59 Å². The Kier molecular flexibility index (Phi) is 5.32. The summed E-state index contributed by atoms with van der Waals surface area (Å²) in [6, 6.07) is 17.1. The van der Waals surface area contributed by atoms with E-state index in [9.17, 15) is 9.59 Å². The van der Waals surface area contributed by atoms with Crippen LogP contribution >= 0.6 is 22.9 Å². The minimum atomic E-state index is -0.157. The van der Waals surface area contributed by atoms with Crippen LogP contribution in [0.2, 0.25) is 5.02 Å². The number of thiophene rings is 1. The van der Waals surface area contributed by atoms with Crippen molar-refractivity contribution in [2.75, 3.05) is 13.1 Å². The van der Waals surface area contributed by atoms with Gasteiger partial charge in [-0.05, 0) is 60.4 Å². The van der Waals surface area contributed by atoms with E-state index in [0.717, 1.165) is 29.0 Å². The number of hydrogen-bond donors (Lipinski definition) is 1. The molecule has 2 aromatic carbocycles. The lowest BCUT2D eigenvalue weighted by Gasteiger charge is -2.28. The van der Waals surface area contributed by atoms with Crippen molar-refractivity contribution in [3.8, 4) is 10.4 Å². The van der Waals surface area contributed by atoms with Crippen molar-refractivity contribution in [1.82, 2.24) is 10.2 Å².